The van der Waals surface area contributed by atoms with Crippen molar-refractivity contribution < 1.29 is 23.1 Å². The van der Waals surface area contributed by atoms with Crippen molar-refractivity contribution >= 4 is 7.60 Å². The second-order valence-corrected chi connectivity index (χ2v) is 6.17. The Morgan fingerprint density at radius 1 is 1.21 bits per heavy atom. The standard InChI is InChI=1S/C13H19O5P/c1-4-16-19(14,17-5-2)13-12(18-13)10-8-6-7-9-11(10)15-3/h6-9,12-13H,4-5H2,1-3H3/t12-,13-/m0/s1. The van der Waals surface area contributed by atoms with Crippen LogP contribution < -0.4 is 4.74 Å². The van der Waals surface area contributed by atoms with Crippen LogP contribution in [0.15, 0.2) is 24.3 Å². The number of para-hydroxylation sites is 1. The molecule has 1 aromatic carbocycles. The van der Waals surface area contributed by atoms with Crippen LogP contribution in [0, 0.1) is 0 Å². The predicted molar refractivity (Wildman–Crippen MR) is 71.5 cm³/mol. The molecular weight excluding hydrogens is 267 g/mol. The van der Waals surface area contributed by atoms with Crippen molar-refractivity contribution in [3.05, 3.63) is 29.8 Å². The number of ether oxygens (including phenoxy) is 2. The molecule has 2 rings (SSSR count). The molecule has 6 heteroatoms. The molecule has 19 heavy (non-hydrogen) atoms. The maximum atomic E-state index is 12.5. The molecule has 106 valence electrons. The fourth-order valence-corrected chi connectivity index (χ4v) is 3.88. The van der Waals surface area contributed by atoms with Gasteiger partial charge in [-0.3, -0.25) is 4.57 Å². The molecule has 1 saturated heterocycles. The van der Waals surface area contributed by atoms with E-state index in [1.54, 1.807) is 21.0 Å². The summed E-state index contributed by atoms with van der Waals surface area (Å²) in [4.78, 5) is 0. The Morgan fingerprint density at radius 3 is 2.42 bits per heavy atom. The van der Waals surface area contributed by atoms with Crippen molar-refractivity contribution in [3.63, 3.8) is 0 Å². The SMILES string of the molecule is CCOP(=O)(OCC)[C@@H]1O[C@H]1c1ccccc1OC. The zero-order valence-electron chi connectivity index (χ0n) is 11.4. The average Bonchev–Trinajstić information content (AvgIpc) is 3.20. The number of benzene rings is 1. The van der Waals surface area contributed by atoms with Crippen molar-refractivity contribution in [2.24, 2.45) is 0 Å². The number of hydrogen-bond acceptors (Lipinski definition) is 5. The molecule has 0 N–H and O–H groups in total. The van der Waals surface area contributed by atoms with E-state index in [1.807, 2.05) is 24.3 Å². The molecule has 2 atom stereocenters. The Morgan fingerprint density at radius 2 is 1.84 bits per heavy atom. The van der Waals surface area contributed by atoms with Crippen LogP contribution in [0.2, 0.25) is 0 Å². The molecule has 0 amide bonds. The summed E-state index contributed by atoms with van der Waals surface area (Å²) in [5.41, 5.74) is 0.870. The van der Waals surface area contributed by atoms with E-state index in [1.165, 1.54) is 0 Å². The molecular formula is C13H19O5P. The summed E-state index contributed by atoms with van der Waals surface area (Å²) < 4.78 is 33.9. The minimum Gasteiger partial charge on any atom is -0.496 e. The van der Waals surface area contributed by atoms with Gasteiger partial charge in [0.1, 0.15) is 11.9 Å². The first-order valence-corrected chi connectivity index (χ1v) is 7.94. The Bertz CT molecular complexity index is 466. The van der Waals surface area contributed by atoms with Crippen LogP contribution in [0.3, 0.4) is 0 Å². The van der Waals surface area contributed by atoms with Crippen molar-refractivity contribution in [2.45, 2.75) is 25.8 Å². The molecule has 1 aliphatic rings. The number of rotatable bonds is 7. The molecule has 0 spiro atoms. The topological polar surface area (TPSA) is 57.3 Å². The van der Waals surface area contributed by atoms with E-state index in [0.717, 1.165) is 11.3 Å². The molecule has 1 aliphatic heterocycles. The highest BCUT2D eigenvalue weighted by Gasteiger charge is 2.56. The summed E-state index contributed by atoms with van der Waals surface area (Å²) in [5.74, 6) is 0.179. The summed E-state index contributed by atoms with van der Waals surface area (Å²) >= 11 is 0. The van der Waals surface area contributed by atoms with Crippen LogP contribution in [0.1, 0.15) is 25.5 Å². The van der Waals surface area contributed by atoms with E-state index in [4.69, 9.17) is 18.5 Å². The van der Waals surface area contributed by atoms with Gasteiger partial charge < -0.3 is 18.5 Å². The highest BCUT2D eigenvalue weighted by Crippen LogP contribution is 2.66. The van der Waals surface area contributed by atoms with E-state index in [0.29, 0.717) is 13.2 Å². The van der Waals surface area contributed by atoms with Gasteiger partial charge >= 0.3 is 7.60 Å². The van der Waals surface area contributed by atoms with Crippen LogP contribution in [-0.4, -0.2) is 26.2 Å². The molecule has 0 saturated carbocycles. The maximum absolute atomic E-state index is 12.5. The smallest absolute Gasteiger partial charge is 0.362 e. The Kier molecular flexibility index (Phi) is 4.63. The zero-order chi connectivity index (χ0) is 13.9. The van der Waals surface area contributed by atoms with Crippen molar-refractivity contribution in [1.29, 1.82) is 0 Å². The van der Waals surface area contributed by atoms with Gasteiger partial charge in [0.25, 0.3) is 0 Å². The molecule has 0 unspecified atom stereocenters. The number of methoxy groups -OCH3 is 1. The van der Waals surface area contributed by atoms with Crippen LogP contribution in [0.25, 0.3) is 0 Å². The van der Waals surface area contributed by atoms with Gasteiger partial charge in [0.2, 0.25) is 0 Å². The van der Waals surface area contributed by atoms with Gasteiger partial charge in [0.05, 0.1) is 20.3 Å². The Hall–Kier alpha value is -0.870. The fraction of sp³-hybridized carbons (Fsp3) is 0.538. The summed E-state index contributed by atoms with van der Waals surface area (Å²) in [6.07, 6.45) is -0.292. The molecule has 0 aromatic heterocycles. The third-order valence-electron chi connectivity index (χ3n) is 2.84. The first kappa shape index (κ1) is 14.5. The first-order chi connectivity index (χ1) is 9.16. The highest BCUT2D eigenvalue weighted by molar-refractivity contribution is 7.54. The van der Waals surface area contributed by atoms with E-state index >= 15 is 0 Å². The van der Waals surface area contributed by atoms with Crippen LogP contribution >= 0.6 is 7.60 Å². The van der Waals surface area contributed by atoms with Crippen LogP contribution in [0.4, 0.5) is 0 Å². The highest BCUT2D eigenvalue weighted by atomic mass is 31.2. The zero-order valence-corrected chi connectivity index (χ0v) is 12.3. The predicted octanol–water partition coefficient (Wildman–Crippen LogP) is 3.36. The molecule has 1 aromatic rings. The van der Waals surface area contributed by atoms with E-state index in [-0.39, 0.29) is 6.10 Å². The van der Waals surface area contributed by atoms with Crippen LogP contribution in [0.5, 0.6) is 5.75 Å². The lowest BCUT2D eigenvalue weighted by molar-refractivity contribution is 0.208. The lowest BCUT2D eigenvalue weighted by Gasteiger charge is -2.14. The second kappa shape index (κ2) is 6.06. The third-order valence-corrected chi connectivity index (χ3v) is 5.10. The van der Waals surface area contributed by atoms with Gasteiger partial charge in [-0.25, -0.2) is 0 Å². The van der Waals surface area contributed by atoms with Crippen molar-refractivity contribution in [2.75, 3.05) is 20.3 Å². The minimum atomic E-state index is -3.21. The normalized spacial score (nSPS) is 22.3. The lowest BCUT2D eigenvalue weighted by Crippen LogP contribution is -2.02. The van der Waals surface area contributed by atoms with Gasteiger partial charge in [-0.2, -0.15) is 0 Å². The quantitative estimate of drug-likeness (QED) is 0.568. The average molecular weight is 286 g/mol. The molecule has 1 heterocycles. The molecule has 1 fully saturated rings. The largest absolute Gasteiger partial charge is 0.496 e. The summed E-state index contributed by atoms with van der Waals surface area (Å²) in [6, 6.07) is 7.51. The van der Waals surface area contributed by atoms with Gasteiger partial charge in [0.15, 0.2) is 5.85 Å². The summed E-state index contributed by atoms with van der Waals surface area (Å²) in [7, 11) is -1.61. The van der Waals surface area contributed by atoms with Gasteiger partial charge in [0, 0.05) is 5.56 Å². The molecule has 0 bridgehead atoms. The lowest BCUT2D eigenvalue weighted by atomic mass is 10.1. The van der Waals surface area contributed by atoms with E-state index < -0.39 is 13.4 Å². The summed E-state index contributed by atoms with van der Waals surface area (Å²) in [5, 5.41) is 0. The Labute approximate surface area is 113 Å². The monoisotopic (exact) mass is 286 g/mol. The third kappa shape index (κ3) is 3.00. The summed E-state index contributed by atoms with van der Waals surface area (Å²) in [6.45, 7) is 4.23. The van der Waals surface area contributed by atoms with E-state index in [9.17, 15) is 4.57 Å². The van der Waals surface area contributed by atoms with Crippen LogP contribution in [-0.2, 0) is 18.3 Å². The first-order valence-electron chi connectivity index (χ1n) is 6.33. The minimum absolute atomic E-state index is 0.292. The van der Waals surface area contributed by atoms with Gasteiger partial charge in [-0.15, -0.1) is 0 Å². The van der Waals surface area contributed by atoms with Crippen molar-refractivity contribution in [3.8, 4) is 5.75 Å². The van der Waals surface area contributed by atoms with Crippen molar-refractivity contribution in [1.82, 2.24) is 0 Å². The molecule has 5 nitrogen and oxygen atoms in total. The second-order valence-electron chi connectivity index (χ2n) is 4.06. The molecule has 0 radical (unpaired) electrons. The maximum Gasteiger partial charge on any atom is 0.362 e. The number of hydrogen-bond donors (Lipinski definition) is 0. The fourth-order valence-electron chi connectivity index (χ4n) is 2.02. The van der Waals surface area contributed by atoms with E-state index in [2.05, 4.69) is 0 Å². The number of epoxide rings is 1. The van der Waals surface area contributed by atoms with Gasteiger partial charge in [-0.05, 0) is 19.9 Å². The Balaban J connectivity index is 2.16. The van der Waals surface area contributed by atoms with Gasteiger partial charge in [-0.1, -0.05) is 18.2 Å². The molecule has 0 aliphatic carbocycles.